The maximum absolute atomic E-state index is 13.2. The Bertz CT molecular complexity index is 1450. The van der Waals surface area contributed by atoms with Crippen LogP contribution in [0.3, 0.4) is 0 Å². The van der Waals surface area contributed by atoms with E-state index in [0.717, 1.165) is 47.7 Å². The SMILES string of the molecule is COc1cc(C2NC(=O)c3c(sc4c3CCN(Cc3ccccc3)C4)N2)ccc1OC(=O)c1ccco1. The molecule has 1 atom stereocenters. The lowest BCUT2D eigenvalue weighted by Gasteiger charge is -2.28. The zero-order chi connectivity index (χ0) is 25.4. The molecule has 0 spiro atoms. The number of ether oxygens (including phenoxy) is 2. The van der Waals surface area contributed by atoms with Crippen molar-refractivity contribution >= 4 is 28.2 Å². The van der Waals surface area contributed by atoms with Crippen LogP contribution in [0.1, 0.15) is 48.6 Å². The second-order valence-corrected chi connectivity index (χ2v) is 10.1. The van der Waals surface area contributed by atoms with Crippen LogP contribution >= 0.6 is 11.3 Å². The second kappa shape index (κ2) is 9.76. The molecular weight excluding hydrogens is 490 g/mol. The monoisotopic (exact) mass is 515 g/mol. The number of benzene rings is 2. The molecule has 9 heteroatoms. The van der Waals surface area contributed by atoms with E-state index in [-0.39, 0.29) is 17.4 Å². The van der Waals surface area contributed by atoms with Gasteiger partial charge in [0.05, 0.1) is 18.9 Å². The molecule has 6 rings (SSSR count). The van der Waals surface area contributed by atoms with E-state index in [0.29, 0.717) is 5.75 Å². The fraction of sp³-hybridized carbons (Fsp3) is 0.214. The smallest absolute Gasteiger partial charge is 0.379 e. The number of anilines is 1. The standard InChI is InChI=1S/C28H25N3O5S/c1-34-22-14-18(9-10-20(22)36-28(33)21-8-5-13-35-21)25-29-26(32)24-19-11-12-31(15-17-6-3-2-4-7-17)16-23(19)37-27(24)30-25/h2-10,13-14,25,30H,11-12,15-16H2,1H3,(H,29,32). The minimum atomic E-state index is -0.615. The van der Waals surface area contributed by atoms with Crippen molar-refractivity contribution in [2.45, 2.75) is 25.7 Å². The van der Waals surface area contributed by atoms with Gasteiger partial charge < -0.3 is 24.5 Å². The molecule has 0 saturated carbocycles. The topological polar surface area (TPSA) is 93.0 Å². The van der Waals surface area contributed by atoms with Crippen molar-refractivity contribution in [3.05, 3.63) is 99.8 Å². The molecule has 4 aromatic rings. The Hall–Kier alpha value is -4.08. The van der Waals surface area contributed by atoms with Gasteiger partial charge in [0, 0.05) is 24.5 Å². The summed E-state index contributed by atoms with van der Waals surface area (Å²) >= 11 is 1.65. The van der Waals surface area contributed by atoms with Gasteiger partial charge in [-0.25, -0.2) is 4.79 Å². The number of fused-ring (bicyclic) bond motifs is 3. The van der Waals surface area contributed by atoms with E-state index in [1.807, 2.05) is 6.07 Å². The largest absolute Gasteiger partial charge is 0.493 e. The fourth-order valence-corrected chi connectivity index (χ4v) is 6.12. The quantitative estimate of drug-likeness (QED) is 0.276. The van der Waals surface area contributed by atoms with Gasteiger partial charge in [-0.15, -0.1) is 11.3 Å². The van der Waals surface area contributed by atoms with Crippen LogP contribution in [0.15, 0.2) is 71.3 Å². The molecule has 2 aromatic carbocycles. The maximum Gasteiger partial charge on any atom is 0.379 e. The van der Waals surface area contributed by atoms with Gasteiger partial charge in [-0.05, 0) is 47.4 Å². The van der Waals surface area contributed by atoms with Gasteiger partial charge in [-0.2, -0.15) is 0 Å². The number of furan rings is 1. The molecule has 0 saturated heterocycles. The number of methoxy groups -OCH3 is 1. The summed E-state index contributed by atoms with van der Waals surface area (Å²) in [4.78, 5) is 29.1. The summed E-state index contributed by atoms with van der Waals surface area (Å²) in [7, 11) is 1.50. The Morgan fingerprint density at radius 1 is 1.11 bits per heavy atom. The van der Waals surface area contributed by atoms with Crippen LogP contribution in [0.2, 0.25) is 0 Å². The third kappa shape index (κ3) is 4.59. The Kier molecular flexibility index (Phi) is 6.15. The van der Waals surface area contributed by atoms with Crippen LogP contribution in [-0.4, -0.2) is 30.4 Å². The van der Waals surface area contributed by atoms with Crippen molar-refractivity contribution in [2.75, 3.05) is 19.0 Å². The molecule has 4 heterocycles. The van der Waals surface area contributed by atoms with Gasteiger partial charge in [-0.3, -0.25) is 9.69 Å². The summed E-state index contributed by atoms with van der Waals surface area (Å²) in [5.74, 6) is 0.0426. The molecule has 0 fully saturated rings. The van der Waals surface area contributed by atoms with Crippen molar-refractivity contribution in [2.24, 2.45) is 0 Å². The van der Waals surface area contributed by atoms with Crippen LogP contribution in [-0.2, 0) is 19.5 Å². The van der Waals surface area contributed by atoms with Gasteiger partial charge in [-0.1, -0.05) is 36.4 Å². The number of rotatable bonds is 6. The Morgan fingerprint density at radius 3 is 2.76 bits per heavy atom. The molecule has 0 aliphatic carbocycles. The number of thiophene rings is 1. The van der Waals surface area contributed by atoms with Crippen LogP contribution in [0, 0.1) is 0 Å². The van der Waals surface area contributed by atoms with Crippen LogP contribution in [0.4, 0.5) is 5.00 Å². The van der Waals surface area contributed by atoms with E-state index in [9.17, 15) is 9.59 Å². The molecule has 2 aliphatic rings. The first kappa shape index (κ1) is 23.3. The van der Waals surface area contributed by atoms with Crippen LogP contribution < -0.4 is 20.1 Å². The van der Waals surface area contributed by atoms with Gasteiger partial charge >= 0.3 is 5.97 Å². The number of hydrogen-bond acceptors (Lipinski definition) is 8. The van der Waals surface area contributed by atoms with Gasteiger partial charge in [0.2, 0.25) is 5.76 Å². The number of nitrogens with zero attached hydrogens (tertiary/aromatic N) is 1. The zero-order valence-corrected chi connectivity index (χ0v) is 21.0. The van der Waals surface area contributed by atoms with Crippen molar-refractivity contribution in [3.63, 3.8) is 0 Å². The number of esters is 1. The predicted molar refractivity (Wildman–Crippen MR) is 139 cm³/mol. The Balaban J connectivity index is 1.20. The third-order valence-electron chi connectivity index (χ3n) is 6.61. The summed E-state index contributed by atoms with van der Waals surface area (Å²) in [5.41, 5.74) is 3.97. The molecular formula is C28H25N3O5S. The minimum absolute atomic E-state index is 0.0833. The summed E-state index contributed by atoms with van der Waals surface area (Å²) in [6.07, 6.45) is 1.81. The molecule has 8 nitrogen and oxygen atoms in total. The highest BCUT2D eigenvalue weighted by Crippen LogP contribution is 2.41. The van der Waals surface area contributed by atoms with Crippen LogP contribution in [0.25, 0.3) is 0 Å². The lowest BCUT2D eigenvalue weighted by atomic mass is 10.00. The van der Waals surface area contributed by atoms with Crippen molar-refractivity contribution < 1.29 is 23.5 Å². The van der Waals surface area contributed by atoms with Crippen molar-refractivity contribution in [1.82, 2.24) is 10.2 Å². The fourth-order valence-electron chi connectivity index (χ4n) is 4.80. The van der Waals surface area contributed by atoms with Gasteiger partial charge in [0.15, 0.2) is 11.5 Å². The third-order valence-corrected chi connectivity index (χ3v) is 7.76. The summed E-state index contributed by atoms with van der Waals surface area (Å²) < 4.78 is 16.0. The molecule has 1 amide bonds. The predicted octanol–water partition coefficient (Wildman–Crippen LogP) is 4.98. The molecule has 2 aliphatic heterocycles. The van der Waals surface area contributed by atoms with Gasteiger partial charge in [0.1, 0.15) is 11.2 Å². The van der Waals surface area contributed by atoms with E-state index in [1.54, 1.807) is 35.6 Å². The number of nitrogens with one attached hydrogen (secondary N) is 2. The Labute approximate surface area is 217 Å². The molecule has 37 heavy (non-hydrogen) atoms. The van der Waals surface area contributed by atoms with E-state index in [2.05, 4.69) is 39.8 Å². The van der Waals surface area contributed by atoms with E-state index < -0.39 is 12.1 Å². The lowest BCUT2D eigenvalue weighted by Crippen LogP contribution is -2.38. The molecule has 188 valence electrons. The minimum Gasteiger partial charge on any atom is -0.493 e. The lowest BCUT2D eigenvalue weighted by molar-refractivity contribution is 0.0696. The number of hydrogen-bond donors (Lipinski definition) is 2. The molecule has 0 bridgehead atoms. The van der Waals surface area contributed by atoms with E-state index in [1.165, 1.54) is 29.9 Å². The summed E-state index contributed by atoms with van der Waals surface area (Å²) in [5, 5.41) is 7.45. The normalized spacial score (nSPS) is 16.8. The summed E-state index contributed by atoms with van der Waals surface area (Å²) in [6.45, 7) is 2.63. The highest BCUT2D eigenvalue weighted by molar-refractivity contribution is 7.16. The maximum atomic E-state index is 13.2. The first-order valence-corrected chi connectivity index (χ1v) is 12.8. The number of carbonyl (C=O) groups is 2. The second-order valence-electron chi connectivity index (χ2n) is 8.98. The molecule has 2 N–H and O–H groups in total. The zero-order valence-electron chi connectivity index (χ0n) is 20.2. The molecule has 0 radical (unpaired) electrons. The average molecular weight is 516 g/mol. The average Bonchev–Trinajstić information content (AvgIpc) is 3.58. The summed E-state index contributed by atoms with van der Waals surface area (Å²) in [6, 6.07) is 18.8. The number of carbonyl (C=O) groups excluding carboxylic acids is 2. The van der Waals surface area contributed by atoms with Gasteiger partial charge in [0.25, 0.3) is 5.91 Å². The number of amides is 1. The molecule has 1 unspecified atom stereocenters. The van der Waals surface area contributed by atoms with E-state index >= 15 is 0 Å². The molecule has 2 aromatic heterocycles. The van der Waals surface area contributed by atoms with Crippen LogP contribution in [0.5, 0.6) is 11.5 Å². The highest BCUT2D eigenvalue weighted by Gasteiger charge is 2.33. The first-order valence-electron chi connectivity index (χ1n) is 12.0. The Morgan fingerprint density at radius 2 is 1.97 bits per heavy atom. The highest BCUT2D eigenvalue weighted by atomic mass is 32.1. The first-order chi connectivity index (χ1) is 18.1. The van der Waals surface area contributed by atoms with Crippen molar-refractivity contribution in [3.8, 4) is 11.5 Å². The van der Waals surface area contributed by atoms with Crippen molar-refractivity contribution in [1.29, 1.82) is 0 Å². The van der Waals surface area contributed by atoms with E-state index in [4.69, 9.17) is 13.9 Å².